The molecule has 0 aliphatic carbocycles. The number of piperidine rings is 1. The third-order valence-electron chi connectivity index (χ3n) is 7.38. The monoisotopic (exact) mass is 602 g/mol. The lowest BCUT2D eigenvalue weighted by molar-refractivity contribution is 0.0781. The Balaban J connectivity index is 1.37. The lowest BCUT2D eigenvalue weighted by Crippen LogP contribution is -2.51. The summed E-state index contributed by atoms with van der Waals surface area (Å²) in [5.74, 6) is 0.0866. The van der Waals surface area contributed by atoms with Crippen LogP contribution in [-0.2, 0) is 0 Å². The first-order chi connectivity index (χ1) is 19.6. The van der Waals surface area contributed by atoms with Gasteiger partial charge < -0.3 is 29.9 Å². The number of likely N-dealkylation sites (tertiary alicyclic amines) is 1. The van der Waals surface area contributed by atoms with Gasteiger partial charge in [0, 0.05) is 20.1 Å². The summed E-state index contributed by atoms with van der Waals surface area (Å²) in [6, 6.07) is 7.62. The maximum Gasteiger partial charge on any atom is 0.258 e. The van der Waals surface area contributed by atoms with Crippen molar-refractivity contribution in [3.05, 3.63) is 63.3 Å². The summed E-state index contributed by atoms with van der Waals surface area (Å²) < 4.78 is 26.0. The van der Waals surface area contributed by atoms with Crippen molar-refractivity contribution < 1.29 is 23.5 Å². The van der Waals surface area contributed by atoms with E-state index >= 15 is 0 Å². The zero-order chi connectivity index (χ0) is 29.4. The fourth-order valence-electron chi connectivity index (χ4n) is 4.94. The molecule has 2 N–H and O–H groups in total. The van der Waals surface area contributed by atoms with Crippen LogP contribution in [0.25, 0.3) is 0 Å². The third kappa shape index (κ3) is 5.74. The maximum atomic E-state index is 14.5. The molecule has 0 saturated carbocycles. The third-order valence-corrected chi connectivity index (χ3v) is 7.96. The zero-order valence-electron chi connectivity index (χ0n) is 22.9. The van der Waals surface area contributed by atoms with E-state index in [-0.39, 0.29) is 51.7 Å². The summed E-state index contributed by atoms with van der Waals surface area (Å²) in [5.41, 5.74) is 1.81. The Morgan fingerprint density at radius 2 is 1.95 bits per heavy atom. The molecule has 41 heavy (non-hydrogen) atoms. The average Bonchev–Trinajstić information content (AvgIpc) is 3.16. The van der Waals surface area contributed by atoms with Gasteiger partial charge in [-0.25, -0.2) is 9.37 Å². The number of nitrogens with one attached hydrogen (secondary N) is 2. The molecule has 0 spiro atoms. The number of anilines is 2. The first kappa shape index (κ1) is 28.8. The number of ether oxygens (including phenoxy) is 2. The van der Waals surface area contributed by atoms with E-state index in [1.165, 1.54) is 25.4 Å². The zero-order valence-corrected chi connectivity index (χ0v) is 24.4. The number of methoxy groups -OCH3 is 1. The molecule has 1 fully saturated rings. The first-order valence-corrected chi connectivity index (χ1v) is 13.7. The van der Waals surface area contributed by atoms with Crippen LogP contribution in [0.4, 0.5) is 16.0 Å². The summed E-state index contributed by atoms with van der Waals surface area (Å²) in [4.78, 5) is 37.9. The molecule has 3 heterocycles. The molecule has 3 atom stereocenters. The number of hydrogen-bond donors (Lipinski definition) is 2. The summed E-state index contributed by atoms with van der Waals surface area (Å²) >= 11 is 12.8. The van der Waals surface area contributed by atoms with Crippen LogP contribution in [0.15, 0.2) is 36.5 Å². The number of hydrogen-bond acceptors (Lipinski definition) is 8. The van der Waals surface area contributed by atoms with Crippen molar-refractivity contribution in [1.82, 2.24) is 25.1 Å². The summed E-state index contributed by atoms with van der Waals surface area (Å²) in [7, 11) is 5.01. The molecular formula is C28H29Cl2FN6O4. The van der Waals surface area contributed by atoms with Crippen LogP contribution in [0.3, 0.4) is 0 Å². The SMILES string of the molecule is COc1cc(C(=O)N[C@H]2CCN(C)C[C@H]2F)c(Cl)cc1Nc1ncc(Cl)c(Oc2cccc3c2C(=O)N(C)[C@H]3C)n1. The molecule has 0 unspecified atom stereocenters. The van der Waals surface area contributed by atoms with E-state index in [2.05, 4.69) is 20.6 Å². The van der Waals surface area contributed by atoms with Gasteiger partial charge in [0.25, 0.3) is 11.8 Å². The van der Waals surface area contributed by atoms with Gasteiger partial charge in [0.2, 0.25) is 11.8 Å². The number of halogens is 3. The number of fused-ring (bicyclic) bond motifs is 1. The molecule has 5 rings (SSSR count). The van der Waals surface area contributed by atoms with Crippen LogP contribution < -0.4 is 20.1 Å². The Morgan fingerprint density at radius 1 is 1.17 bits per heavy atom. The molecule has 0 bridgehead atoms. The van der Waals surface area contributed by atoms with E-state index in [0.717, 1.165) is 5.56 Å². The standard InChI is InChI=1S/C28H29Cl2FN6O4/c1-14-15-6-5-7-22(24(15)27(39)37(14)3)41-26-18(30)12-32-28(35-26)34-21-11-17(29)16(10-23(21)40-4)25(38)33-20-8-9-36(2)13-19(20)31/h5-7,10-12,14,19-20H,8-9,13H2,1-4H3,(H,33,38)(H,32,34,35)/t14-,19+,20-/m0/s1. The van der Waals surface area contributed by atoms with Crippen molar-refractivity contribution in [3.8, 4) is 17.4 Å². The van der Waals surface area contributed by atoms with Crippen molar-refractivity contribution in [2.24, 2.45) is 0 Å². The smallest absolute Gasteiger partial charge is 0.258 e. The number of carbonyl (C=O) groups is 2. The lowest BCUT2D eigenvalue weighted by atomic mass is 10.0. The Bertz CT molecular complexity index is 1510. The Morgan fingerprint density at radius 3 is 2.68 bits per heavy atom. The molecule has 2 aliphatic heterocycles. The Labute approximate surface area is 246 Å². The second-order valence-corrected chi connectivity index (χ2v) is 10.9. The number of benzene rings is 2. The topological polar surface area (TPSA) is 109 Å². The van der Waals surface area contributed by atoms with Gasteiger partial charge in [-0.2, -0.15) is 4.98 Å². The van der Waals surface area contributed by atoms with Gasteiger partial charge in [-0.1, -0.05) is 35.3 Å². The van der Waals surface area contributed by atoms with Crippen LogP contribution >= 0.6 is 23.2 Å². The van der Waals surface area contributed by atoms with Crippen molar-refractivity contribution in [2.45, 2.75) is 31.6 Å². The van der Waals surface area contributed by atoms with E-state index in [1.54, 1.807) is 24.1 Å². The van der Waals surface area contributed by atoms with Gasteiger partial charge >= 0.3 is 0 Å². The number of nitrogens with zero attached hydrogens (tertiary/aromatic N) is 4. The number of carbonyl (C=O) groups excluding carboxylic acids is 2. The van der Waals surface area contributed by atoms with E-state index in [0.29, 0.717) is 30.0 Å². The highest BCUT2D eigenvalue weighted by Gasteiger charge is 2.34. The number of amides is 2. The molecule has 1 aromatic heterocycles. The van der Waals surface area contributed by atoms with Crippen LogP contribution in [0.2, 0.25) is 10.0 Å². The number of alkyl halides is 1. The molecule has 1 saturated heterocycles. The molecule has 3 aromatic rings. The van der Waals surface area contributed by atoms with Crippen molar-refractivity contribution >= 4 is 46.7 Å². The van der Waals surface area contributed by atoms with Crippen molar-refractivity contribution in [3.63, 3.8) is 0 Å². The van der Waals surface area contributed by atoms with E-state index in [9.17, 15) is 14.0 Å². The quantitative estimate of drug-likeness (QED) is 0.377. The van der Waals surface area contributed by atoms with Gasteiger partial charge in [-0.3, -0.25) is 9.59 Å². The second kappa shape index (κ2) is 11.7. The lowest BCUT2D eigenvalue weighted by Gasteiger charge is -2.32. The predicted octanol–water partition coefficient (Wildman–Crippen LogP) is 5.25. The molecule has 10 nitrogen and oxygen atoms in total. The van der Waals surface area contributed by atoms with Crippen LogP contribution in [0.1, 0.15) is 45.7 Å². The average molecular weight is 603 g/mol. The first-order valence-electron chi connectivity index (χ1n) is 13.0. The minimum Gasteiger partial charge on any atom is -0.495 e. The molecule has 2 amide bonds. The molecular weight excluding hydrogens is 574 g/mol. The second-order valence-electron chi connectivity index (χ2n) is 10.1. The number of aromatic nitrogens is 2. The Hall–Kier alpha value is -3.67. The fourth-order valence-corrected chi connectivity index (χ4v) is 5.32. The Kier molecular flexibility index (Phi) is 8.21. The highest BCUT2D eigenvalue weighted by Crippen LogP contribution is 2.40. The normalized spacial score (nSPS) is 20.5. The van der Waals surface area contributed by atoms with Crippen molar-refractivity contribution in [1.29, 1.82) is 0 Å². The van der Waals surface area contributed by atoms with Crippen LogP contribution in [0.5, 0.6) is 17.4 Å². The summed E-state index contributed by atoms with van der Waals surface area (Å²) in [5, 5.41) is 6.01. The van der Waals surface area contributed by atoms with Gasteiger partial charge in [0.1, 0.15) is 22.7 Å². The predicted molar refractivity (Wildman–Crippen MR) is 154 cm³/mol. The molecule has 0 radical (unpaired) electrons. The largest absolute Gasteiger partial charge is 0.495 e. The molecule has 2 aromatic carbocycles. The van der Waals surface area contributed by atoms with Gasteiger partial charge in [-0.15, -0.1) is 0 Å². The molecule has 2 aliphatic rings. The van der Waals surface area contributed by atoms with E-state index in [1.807, 2.05) is 24.9 Å². The minimum atomic E-state index is -1.18. The minimum absolute atomic E-state index is 0.0348. The van der Waals surface area contributed by atoms with Crippen LogP contribution in [0, 0.1) is 0 Å². The van der Waals surface area contributed by atoms with Gasteiger partial charge in [-0.05, 0) is 44.2 Å². The highest BCUT2D eigenvalue weighted by atomic mass is 35.5. The molecule has 216 valence electrons. The maximum absolute atomic E-state index is 14.5. The summed E-state index contributed by atoms with van der Waals surface area (Å²) in [6.07, 6.45) is 0.667. The van der Waals surface area contributed by atoms with E-state index in [4.69, 9.17) is 32.7 Å². The van der Waals surface area contributed by atoms with E-state index < -0.39 is 18.1 Å². The van der Waals surface area contributed by atoms with Crippen molar-refractivity contribution in [2.75, 3.05) is 39.6 Å². The molecule has 13 heteroatoms. The van der Waals surface area contributed by atoms with Gasteiger partial charge in [0.05, 0.1) is 47.2 Å². The van der Waals surface area contributed by atoms with Crippen LogP contribution in [-0.4, -0.2) is 78.1 Å². The van der Waals surface area contributed by atoms with Gasteiger partial charge in [0.15, 0.2) is 0 Å². The fraction of sp³-hybridized carbons (Fsp3) is 0.357. The summed E-state index contributed by atoms with van der Waals surface area (Å²) in [6.45, 7) is 2.86. The highest BCUT2D eigenvalue weighted by molar-refractivity contribution is 6.34. The number of rotatable bonds is 7.